The lowest BCUT2D eigenvalue weighted by atomic mass is 9.91. The summed E-state index contributed by atoms with van der Waals surface area (Å²) in [5.74, 6) is 0.770. The van der Waals surface area contributed by atoms with E-state index in [2.05, 4.69) is 0 Å². The van der Waals surface area contributed by atoms with Gasteiger partial charge in [0.2, 0.25) is 0 Å². The zero-order valence-electron chi connectivity index (χ0n) is 11.0. The standard InChI is InChI=1S/C14H22O3/c1-5-14(4,16)13(15)11-6-8-12(9-7-11)17-10(2)3/h6-10,13,15-16H,5H2,1-4H3. The normalized spacial score (nSPS) is 16.6. The highest BCUT2D eigenvalue weighted by Crippen LogP contribution is 2.29. The van der Waals surface area contributed by atoms with Gasteiger partial charge in [-0.25, -0.2) is 0 Å². The summed E-state index contributed by atoms with van der Waals surface area (Å²) < 4.78 is 5.52. The number of rotatable bonds is 5. The van der Waals surface area contributed by atoms with Crippen LogP contribution in [0.2, 0.25) is 0 Å². The maximum absolute atomic E-state index is 10.0. The third-order valence-electron chi connectivity index (χ3n) is 2.87. The number of hydrogen-bond donors (Lipinski definition) is 2. The predicted octanol–water partition coefficient (Wildman–Crippen LogP) is 2.67. The first-order valence-corrected chi connectivity index (χ1v) is 6.04. The van der Waals surface area contributed by atoms with Gasteiger partial charge in [-0.15, -0.1) is 0 Å². The molecule has 1 aromatic rings. The molecule has 2 unspecified atom stereocenters. The third kappa shape index (κ3) is 3.72. The van der Waals surface area contributed by atoms with Crippen LogP contribution in [0.25, 0.3) is 0 Å². The molecule has 0 amide bonds. The molecule has 2 N–H and O–H groups in total. The second kappa shape index (κ2) is 5.52. The van der Waals surface area contributed by atoms with Gasteiger partial charge in [-0.2, -0.15) is 0 Å². The fraction of sp³-hybridized carbons (Fsp3) is 0.571. The molecule has 0 aromatic heterocycles. The van der Waals surface area contributed by atoms with Crippen molar-refractivity contribution in [3.8, 4) is 5.75 Å². The predicted molar refractivity (Wildman–Crippen MR) is 68.1 cm³/mol. The maximum Gasteiger partial charge on any atom is 0.119 e. The van der Waals surface area contributed by atoms with Crippen molar-refractivity contribution in [3.05, 3.63) is 29.8 Å². The van der Waals surface area contributed by atoms with E-state index < -0.39 is 11.7 Å². The quantitative estimate of drug-likeness (QED) is 0.829. The van der Waals surface area contributed by atoms with E-state index in [-0.39, 0.29) is 6.10 Å². The molecular weight excluding hydrogens is 216 g/mol. The van der Waals surface area contributed by atoms with E-state index in [1.54, 1.807) is 19.1 Å². The average Bonchev–Trinajstić information content (AvgIpc) is 2.28. The van der Waals surface area contributed by atoms with Crippen LogP contribution in [0, 0.1) is 0 Å². The van der Waals surface area contributed by atoms with Crippen LogP contribution in [-0.4, -0.2) is 21.9 Å². The Bertz CT molecular complexity index is 341. The van der Waals surface area contributed by atoms with E-state index in [0.717, 1.165) is 5.75 Å². The van der Waals surface area contributed by atoms with Crippen LogP contribution in [0.5, 0.6) is 5.75 Å². The summed E-state index contributed by atoms with van der Waals surface area (Å²) in [6.07, 6.45) is -0.247. The van der Waals surface area contributed by atoms with Crippen LogP contribution in [0.15, 0.2) is 24.3 Å². The Balaban J connectivity index is 2.80. The molecule has 0 aliphatic heterocycles. The largest absolute Gasteiger partial charge is 0.491 e. The van der Waals surface area contributed by atoms with Gasteiger partial charge in [0.1, 0.15) is 11.9 Å². The Morgan fingerprint density at radius 1 is 1.24 bits per heavy atom. The van der Waals surface area contributed by atoms with Crippen molar-refractivity contribution in [2.45, 2.75) is 51.9 Å². The third-order valence-corrected chi connectivity index (χ3v) is 2.87. The van der Waals surface area contributed by atoms with E-state index in [1.165, 1.54) is 0 Å². The Hall–Kier alpha value is -1.06. The van der Waals surface area contributed by atoms with Crippen LogP contribution in [0.4, 0.5) is 0 Å². The van der Waals surface area contributed by atoms with Crippen molar-refractivity contribution in [1.29, 1.82) is 0 Å². The lowest BCUT2D eigenvalue weighted by Crippen LogP contribution is -2.31. The minimum Gasteiger partial charge on any atom is -0.491 e. The van der Waals surface area contributed by atoms with Crippen LogP contribution in [-0.2, 0) is 0 Å². The Morgan fingerprint density at radius 3 is 2.18 bits per heavy atom. The highest BCUT2D eigenvalue weighted by molar-refractivity contribution is 5.29. The molecule has 0 radical (unpaired) electrons. The number of ether oxygens (including phenoxy) is 1. The molecular formula is C14H22O3. The number of aliphatic hydroxyl groups excluding tert-OH is 1. The van der Waals surface area contributed by atoms with Crippen molar-refractivity contribution < 1.29 is 14.9 Å². The topological polar surface area (TPSA) is 49.7 Å². The molecule has 0 saturated heterocycles. The van der Waals surface area contributed by atoms with Gasteiger partial charge in [-0.05, 0) is 44.9 Å². The first kappa shape index (κ1) is 14.0. The van der Waals surface area contributed by atoms with Gasteiger partial charge in [0, 0.05) is 0 Å². The molecule has 1 aromatic carbocycles. The summed E-state index contributed by atoms with van der Waals surface area (Å²) in [6, 6.07) is 7.19. The van der Waals surface area contributed by atoms with Crippen LogP contribution in [0.3, 0.4) is 0 Å². The Labute approximate surface area is 103 Å². The summed E-state index contributed by atoms with van der Waals surface area (Å²) in [7, 11) is 0. The molecule has 1 rings (SSSR count). The van der Waals surface area contributed by atoms with Crippen LogP contribution >= 0.6 is 0 Å². The highest BCUT2D eigenvalue weighted by Gasteiger charge is 2.29. The van der Waals surface area contributed by atoms with Crippen LogP contribution in [0.1, 0.15) is 45.8 Å². The fourth-order valence-electron chi connectivity index (χ4n) is 1.55. The van der Waals surface area contributed by atoms with E-state index in [0.29, 0.717) is 12.0 Å². The smallest absolute Gasteiger partial charge is 0.119 e. The van der Waals surface area contributed by atoms with Crippen LogP contribution < -0.4 is 4.74 Å². The fourth-order valence-corrected chi connectivity index (χ4v) is 1.55. The number of aliphatic hydroxyl groups is 2. The zero-order valence-corrected chi connectivity index (χ0v) is 11.0. The summed E-state index contributed by atoms with van der Waals surface area (Å²) in [6.45, 7) is 7.41. The summed E-state index contributed by atoms with van der Waals surface area (Å²) >= 11 is 0. The Kier molecular flexibility index (Phi) is 4.54. The van der Waals surface area contributed by atoms with Crippen molar-refractivity contribution in [2.75, 3.05) is 0 Å². The zero-order chi connectivity index (χ0) is 13.1. The molecule has 0 heterocycles. The molecule has 0 fully saturated rings. The minimum atomic E-state index is -1.10. The molecule has 2 atom stereocenters. The molecule has 17 heavy (non-hydrogen) atoms. The number of hydrogen-bond acceptors (Lipinski definition) is 3. The molecule has 3 nitrogen and oxygen atoms in total. The second-order valence-corrected chi connectivity index (χ2v) is 4.85. The lowest BCUT2D eigenvalue weighted by molar-refractivity contribution is -0.0658. The first-order chi connectivity index (χ1) is 7.86. The molecule has 3 heteroatoms. The summed E-state index contributed by atoms with van der Waals surface area (Å²) in [4.78, 5) is 0. The monoisotopic (exact) mass is 238 g/mol. The van der Waals surface area contributed by atoms with Crippen molar-refractivity contribution in [1.82, 2.24) is 0 Å². The van der Waals surface area contributed by atoms with Crippen molar-refractivity contribution >= 4 is 0 Å². The van der Waals surface area contributed by atoms with Gasteiger partial charge in [0.15, 0.2) is 0 Å². The van der Waals surface area contributed by atoms with E-state index in [9.17, 15) is 10.2 Å². The molecule has 0 saturated carbocycles. The molecule has 0 aliphatic rings. The van der Waals surface area contributed by atoms with Gasteiger partial charge < -0.3 is 14.9 Å². The molecule has 0 aliphatic carbocycles. The first-order valence-electron chi connectivity index (χ1n) is 6.04. The van der Waals surface area contributed by atoms with Crippen molar-refractivity contribution in [2.24, 2.45) is 0 Å². The van der Waals surface area contributed by atoms with Gasteiger partial charge >= 0.3 is 0 Å². The van der Waals surface area contributed by atoms with E-state index in [4.69, 9.17) is 4.74 Å². The van der Waals surface area contributed by atoms with Gasteiger partial charge in [0.05, 0.1) is 11.7 Å². The van der Waals surface area contributed by atoms with Gasteiger partial charge in [-0.3, -0.25) is 0 Å². The molecule has 96 valence electrons. The highest BCUT2D eigenvalue weighted by atomic mass is 16.5. The van der Waals surface area contributed by atoms with Gasteiger partial charge in [-0.1, -0.05) is 19.1 Å². The van der Waals surface area contributed by atoms with E-state index in [1.807, 2.05) is 32.9 Å². The van der Waals surface area contributed by atoms with E-state index >= 15 is 0 Å². The molecule has 0 spiro atoms. The molecule has 0 bridgehead atoms. The van der Waals surface area contributed by atoms with Gasteiger partial charge in [0.25, 0.3) is 0 Å². The Morgan fingerprint density at radius 2 is 1.76 bits per heavy atom. The summed E-state index contributed by atoms with van der Waals surface area (Å²) in [5.41, 5.74) is -0.395. The average molecular weight is 238 g/mol. The summed E-state index contributed by atoms with van der Waals surface area (Å²) in [5, 5.41) is 20.0. The second-order valence-electron chi connectivity index (χ2n) is 4.85. The number of benzene rings is 1. The van der Waals surface area contributed by atoms with Crippen molar-refractivity contribution in [3.63, 3.8) is 0 Å². The minimum absolute atomic E-state index is 0.129. The lowest BCUT2D eigenvalue weighted by Gasteiger charge is -2.28. The SMILES string of the molecule is CCC(C)(O)C(O)c1ccc(OC(C)C)cc1. The maximum atomic E-state index is 10.0.